The summed E-state index contributed by atoms with van der Waals surface area (Å²) in [5, 5.41) is 0. The van der Waals surface area contributed by atoms with E-state index in [0.717, 1.165) is 10.0 Å². The number of hydrogen-bond acceptors (Lipinski definition) is 5. The van der Waals surface area contributed by atoms with Crippen LogP contribution in [0.5, 0.6) is 5.88 Å². The Morgan fingerprint density at radius 1 is 1.19 bits per heavy atom. The Bertz CT molecular complexity index is 608. The third-order valence-corrected chi connectivity index (χ3v) is 3.35. The van der Waals surface area contributed by atoms with Gasteiger partial charge in [-0.2, -0.15) is 4.98 Å². The number of ether oxygens (including phenoxy) is 1. The number of aromatic nitrogens is 2. The number of rotatable bonds is 4. The summed E-state index contributed by atoms with van der Waals surface area (Å²) in [6.07, 6.45) is 0. The fourth-order valence-electron chi connectivity index (χ4n) is 1.65. The van der Waals surface area contributed by atoms with Crippen molar-refractivity contribution in [1.29, 1.82) is 0 Å². The van der Waals surface area contributed by atoms with Crippen LogP contribution in [0.25, 0.3) is 0 Å². The van der Waals surface area contributed by atoms with Gasteiger partial charge in [0.1, 0.15) is 18.2 Å². The van der Waals surface area contributed by atoms with Crippen LogP contribution in [0.15, 0.2) is 34.8 Å². The zero-order chi connectivity index (χ0) is 15.5. The minimum absolute atomic E-state index is 0.178. The molecule has 6 heteroatoms. The minimum Gasteiger partial charge on any atom is -0.473 e. The first-order valence-electron chi connectivity index (χ1n) is 6.62. The van der Waals surface area contributed by atoms with E-state index in [1.165, 1.54) is 0 Å². The van der Waals surface area contributed by atoms with E-state index in [0.29, 0.717) is 24.1 Å². The van der Waals surface area contributed by atoms with Crippen molar-refractivity contribution in [3.8, 4) is 5.88 Å². The summed E-state index contributed by atoms with van der Waals surface area (Å²) in [4.78, 5) is 8.80. The molecule has 1 heterocycles. The normalized spacial score (nSPS) is 11.3. The molecule has 0 saturated carbocycles. The number of hydrogen-bond donors (Lipinski definition) is 2. The summed E-state index contributed by atoms with van der Waals surface area (Å²) >= 11 is 3.41. The Balaban J connectivity index is 2.17. The van der Waals surface area contributed by atoms with E-state index in [4.69, 9.17) is 10.6 Å². The van der Waals surface area contributed by atoms with Crippen molar-refractivity contribution in [2.45, 2.75) is 32.8 Å². The fraction of sp³-hybridized carbons (Fsp3) is 0.333. The molecular weight excluding hydrogens is 332 g/mol. The predicted octanol–water partition coefficient (Wildman–Crippen LogP) is 3.40. The minimum atomic E-state index is -0.178. The Hall–Kier alpha value is -1.66. The lowest BCUT2D eigenvalue weighted by Gasteiger charge is -2.18. The highest BCUT2D eigenvalue weighted by molar-refractivity contribution is 9.10. The Morgan fingerprint density at radius 2 is 1.86 bits per heavy atom. The quantitative estimate of drug-likeness (QED) is 0.652. The summed E-state index contributed by atoms with van der Waals surface area (Å²) in [5.41, 5.74) is 3.44. The van der Waals surface area contributed by atoms with Gasteiger partial charge in [-0.05, 0) is 17.7 Å². The second kappa shape index (κ2) is 6.41. The highest BCUT2D eigenvalue weighted by atomic mass is 79.9. The van der Waals surface area contributed by atoms with Crippen LogP contribution in [0, 0.1) is 0 Å². The van der Waals surface area contributed by atoms with Crippen molar-refractivity contribution >= 4 is 21.7 Å². The van der Waals surface area contributed by atoms with Gasteiger partial charge in [0.15, 0.2) is 0 Å². The molecule has 0 spiro atoms. The van der Waals surface area contributed by atoms with Crippen LogP contribution in [-0.2, 0) is 12.0 Å². The van der Waals surface area contributed by atoms with Gasteiger partial charge < -0.3 is 10.2 Å². The van der Waals surface area contributed by atoms with Gasteiger partial charge in [-0.15, -0.1) is 0 Å². The highest BCUT2D eigenvalue weighted by Crippen LogP contribution is 2.23. The molecule has 0 atom stereocenters. The van der Waals surface area contributed by atoms with Crippen molar-refractivity contribution in [2.75, 3.05) is 5.43 Å². The van der Waals surface area contributed by atoms with Crippen LogP contribution in [-0.4, -0.2) is 9.97 Å². The second-order valence-electron chi connectivity index (χ2n) is 5.72. The van der Waals surface area contributed by atoms with Gasteiger partial charge in [0.2, 0.25) is 5.88 Å². The lowest BCUT2D eigenvalue weighted by atomic mass is 9.96. The standard InChI is InChI=1S/C15H19BrN4O/c1-15(2,3)14-18-12(20-17)8-13(19-14)21-9-10-4-6-11(16)7-5-10/h4-8H,9,17H2,1-3H3,(H,18,19,20). The van der Waals surface area contributed by atoms with Crippen LogP contribution >= 0.6 is 15.9 Å². The van der Waals surface area contributed by atoms with Crippen molar-refractivity contribution in [2.24, 2.45) is 5.84 Å². The largest absolute Gasteiger partial charge is 0.473 e. The molecule has 0 aliphatic carbocycles. The van der Waals surface area contributed by atoms with Gasteiger partial charge in [-0.1, -0.05) is 48.8 Å². The molecule has 0 unspecified atom stereocenters. The molecule has 112 valence electrons. The monoisotopic (exact) mass is 350 g/mol. The predicted molar refractivity (Wildman–Crippen MR) is 87.0 cm³/mol. The summed E-state index contributed by atoms with van der Waals surface area (Å²) in [6.45, 7) is 6.57. The average Bonchev–Trinajstić information content (AvgIpc) is 2.45. The molecule has 2 aromatic rings. The molecule has 1 aromatic heterocycles. The maximum Gasteiger partial charge on any atom is 0.219 e. The van der Waals surface area contributed by atoms with Crippen LogP contribution in [0.2, 0.25) is 0 Å². The number of nitrogens with one attached hydrogen (secondary N) is 1. The Kier molecular flexibility index (Phi) is 4.80. The van der Waals surface area contributed by atoms with E-state index >= 15 is 0 Å². The third kappa shape index (κ3) is 4.41. The molecule has 0 aliphatic heterocycles. The third-order valence-electron chi connectivity index (χ3n) is 2.82. The number of benzene rings is 1. The van der Waals surface area contributed by atoms with E-state index in [2.05, 4.69) is 31.3 Å². The van der Waals surface area contributed by atoms with Crippen LogP contribution in [0.4, 0.5) is 5.82 Å². The van der Waals surface area contributed by atoms with Crippen molar-refractivity contribution < 1.29 is 4.74 Å². The topological polar surface area (TPSA) is 73.1 Å². The molecule has 0 radical (unpaired) electrons. The van der Waals surface area contributed by atoms with E-state index in [-0.39, 0.29) is 5.41 Å². The lowest BCUT2D eigenvalue weighted by molar-refractivity contribution is 0.290. The Morgan fingerprint density at radius 3 is 2.43 bits per heavy atom. The van der Waals surface area contributed by atoms with Crippen molar-refractivity contribution in [3.05, 3.63) is 46.2 Å². The van der Waals surface area contributed by atoms with Gasteiger partial charge in [0.25, 0.3) is 0 Å². The molecule has 0 saturated heterocycles. The van der Waals surface area contributed by atoms with Crippen LogP contribution < -0.4 is 16.0 Å². The molecule has 0 amide bonds. The molecular formula is C15H19BrN4O. The molecule has 0 bridgehead atoms. The molecule has 5 nitrogen and oxygen atoms in total. The Labute approximate surface area is 133 Å². The molecule has 2 rings (SSSR count). The molecule has 3 N–H and O–H groups in total. The summed E-state index contributed by atoms with van der Waals surface area (Å²) in [7, 11) is 0. The zero-order valence-corrected chi connectivity index (χ0v) is 13.9. The van der Waals surface area contributed by atoms with Gasteiger partial charge in [-0.3, -0.25) is 0 Å². The number of nitrogens with zero attached hydrogens (tertiary/aromatic N) is 2. The summed E-state index contributed by atoms with van der Waals surface area (Å²) in [5.74, 6) is 7.19. The SMILES string of the molecule is CC(C)(C)c1nc(NN)cc(OCc2ccc(Br)cc2)n1. The van der Waals surface area contributed by atoms with Gasteiger partial charge >= 0.3 is 0 Å². The van der Waals surface area contributed by atoms with Crippen LogP contribution in [0.3, 0.4) is 0 Å². The van der Waals surface area contributed by atoms with E-state index in [1.54, 1.807) is 6.07 Å². The summed E-state index contributed by atoms with van der Waals surface area (Å²) in [6, 6.07) is 9.64. The first kappa shape index (κ1) is 15.7. The molecule has 0 fully saturated rings. The van der Waals surface area contributed by atoms with E-state index in [1.807, 2.05) is 45.0 Å². The number of hydrazine groups is 1. The summed E-state index contributed by atoms with van der Waals surface area (Å²) < 4.78 is 6.79. The van der Waals surface area contributed by atoms with Gasteiger partial charge in [0.05, 0.1) is 0 Å². The first-order chi connectivity index (χ1) is 9.88. The smallest absolute Gasteiger partial charge is 0.219 e. The van der Waals surface area contributed by atoms with Gasteiger partial charge in [-0.25, -0.2) is 10.8 Å². The number of nitrogen functional groups attached to an aromatic ring is 1. The molecule has 1 aromatic carbocycles. The van der Waals surface area contributed by atoms with Crippen molar-refractivity contribution in [1.82, 2.24) is 9.97 Å². The maximum atomic E-state index is 5.75. The lowest BCUT2D eigenvalue weighted by Crippen LogP contribution is -2.19. The zero-order valence-electron chi connectivity index (χ0n) is 12.4. The number of anilines is 1. The van der Waals surface area contributed by atoms with Crippen LogP contribution in [0.1, 0.15) is 32.2 Å². The first-order valence-corrected chi connectivity index (χ1v) is 7.41. The van der Waals surface area contributed by atoms with Gasteiger partial charge in [0, 0.05) is 16.0 Å². The highest BCUT2D eigenvalue weighted by Gasteiger charge is 2.19. The van der Waals surface area contributed by atoms with Crippen molar-refractivity contribution in [3.63, 3.8) is 0 Å². The van der Waals surface area contributed by atoms with E-state index < -0.39 is 0 Å². The van der Waals surface area contributed by atoms with E-state index in [9.17, 15) is 0 Å². The number of halogens is 1. The molecule has 21 heavy (non-hydrogen) atoms. The number of nitrogens with two attached hydrogens (primary N) is 1. The fourth-order valence-corrected chi connectivity index (χ4v) is 1.91. The average molecular weight is 351 g/mol. The second-order valence-corrected chi connectivity index (χ2v) is 6.64. The molecule has 0 aliphatic rings. The maximum absolute atomic E-state index is 5.75.